The second kappa shape index (κ2) is 5.80. The molecule has 0 saturated carbocycles. The first-order valence-corrected chi connectivity index (χ1v) is 8.50. The number of Topliss-reactive ketones (excluding diaryl/α,β-unsaturated/α-hetero) is 1. The third kappa shape index (κ3) is 2.36. The molecule has 0 spiro atoms. The van der Waals surface area contributed by atoms with Crippen LogP contribution in [0, 0.1) is 0 Å². The van der Waals surface area contributed by atoms with Crippen LogP contribution in [0.5, 0.6) is 0 Å². The van der Waals surface area contributed by atoms with Crippen LogP contribution in [0.4, 0.5) is 0 Å². The SMILES string of the molecule is O=C(c1cscc1Br)C1(c2ccccc2)CCNCC1. The predicted octanol–water partition coefficient (Wildman–Crippen LogP) is 4.01. The number of rotatable bonds is 3. The Bertz CT molecular complexity index is 602. The van der Waals surface area contributed by atoms with Crippen molar-refractivity contribution >= 4 is 33.0 Å². The van der Waals surface area contributed by atoms with Crippen molar-refractivity contribution in [2.45, 2.75) is 18.3 Å². The second-order valence-electron chi connectivity index (χ2n) is 5.16. The topological polar surface area (TPSA) is 29.1 Å². The number of carbonyl (C=O) groups is 1. The van der Waals surface area contributed by atoms with Crippen LogP contribution in [0.3, 0.4) is 0 Å². The smallest absolute Gasteiger partial charge is 0.175 e. The number of ketones is 1. The summed E-state index contributed by atoms with van der Waals surface area (Å²) < 4.78 is 0.918. The van der Waals surface area contributed by atoms with Crippen LogP contribution in [0.1, 0.15) is 28.8 Å². The van der Waals surface area contributed by atoms with Crippen LogP contribution in [-0.2, 0) is 5.41 Å². The molecule has 104 valence electrons. The Kier molecular flexibility index (Phi) is 4.06. The van der Waals surface area contributed by atoms with Gasteiger partial charge in [-0.1, -0.05) is 30.3 Å². The van der Waals surface area contributed by atoms with Gasteiger partial charge in [0.05, 0.1) is 5.41 Å². The van der Waals surface area contributed by atoms with Gasteiger partial charge >= 0.3 is 0 Å². The molecule has 1 saturated heterocycles. The zero-order valence-electron chi connectivity index (χ0n) is 11.1. The molecule has 2 heterocycles. The average molecular weight is 350 g/mol. The van der Waals surface area contributed by atoms with Gasteiger partial charge in [0.1, 0.15) is 0 Å². The van der Waals surface area contributed by atoms with E-state index in [9.17, 15) is 4.79 Å². The second-order valence-corrected chi connectivity index (χ2v) is 6.76. The highest BCUT2D eigenvalue weighted by Crippen LogP contribution is 2.39. The third-order valence-electron chi connectivity index (χ3n) is 4.08. The average Bonchev–Trinajstić information content (AvgIpc) is 2.94. The fraction of sp³-hybridized carbons (Fsp3) is 0.312. The van der Waals surface area contributed by atoms with Gasteiger partial charge in [-0.05, 0) is 47.4 Å². The molecule has 0 aliphatic carbocycles. The molecule has 1 aliphatic rings. The number of benzene rings is 1. The van der Waals surface area contributed by atoms with E-state index in [-0.39, 0.29) is 11.2 Å². The summed E-state index contributed by atoms with van der Waals surface area (Å²) in [5.41, 5.74) is 1.58. The Hall–Kier alpha value is -0.970. The van der Waals surface area contributed by atoms with E-state index in [1.165, 1.54) is 0 Å². The van der Waals surface area contributed by atoms with E-state index in [1.54, 1.807) is 11.3 Å². The van der Waals surface area contributed by atoms with Gasteiger partial charge in [0.2, 0.25) is 0 Å². The molecule has 1 aromatic carbocycles. The molecule has 3 rings (SSSR count). The minimum absolute atomic E-state index is 0.248. The highest BCUT2D eigenvalue weighted by atomic mass is 79.9. The van der Waals surface area contributed by atoms with Crippen molar-refractivity contribution in [1.29, 1.82) is 0 Å². The lowest BCUT2D eigenvalue weighted by Gasteiger charge is -2.36. The number of carbonyl (C=O) groups excluding carboxylic acids is 1. The van der Waals surface area contributed by atoms with Gasteiger partial charge in [-0.3, -0.25) is 4.79 Å². The lowest BCUT2D eigenvalue weighted by atomic mass is 9.69. The van der Waals surface area contributed by atoms with E-state index in [0.717, 1.165) is 41.5 Å². The van der Waals surface area contributed by atoms with E-state index in [1.807, 2.05) is 29.0 Å². The highest BCUT2D eigenvalue weighted by molar-refractivity contribution is 9.10. The van der Waals surface area contributed by atoms with E-state index in [4.69, 9.17) is 0 Å². The van der Waals surface area contributed by atoms with Crippen molar-refractivity contribution in [3.63, 3.8) is 0 Å². The zero-order chi connectivity index (χ0) is 14.0. The number of thiophene rings is 1. The molecule has 0 amide bonds. The zero-order valence-corrected chi connectivity index (χ0v) is 13.5. The van der Waals surface area contributed by atoms with Gasteiger partial charge in [-0.25, -0.2) is 0 Å². The van der Waals surface area contributed by atoms with E-state index in [0.29, 0.717) is 0 Å². The Balaban J connectivity index is 2.07. The summed E-state index contributed by atoms with van der Waals surface area (Å²) in [5, 5.41) is 7.30. The molecular weight excluding hydrogens is 334 g/mol. The lowest BCUT2D eigenvalue weighted by Crippen LogP contribution is -2.45. The molecule has 0 radical (unpaired) electrons. The quantitative estimate of drug-likeness (QED) is 0.848. The monoisotopic (exact) mass is 349 g/mol. The van der Waals surface area contributed by atoms with Crippen molar-refractivity contribution in [2.75, 3.05) is 13.1 Å². The van der Waals surface area contributed by atoms with Crippen LogP contribution >= 0.6 is 27.3 Å². The number of hydrogen-bond acceptors (Lipinski definition) is 3. The highest BCUT2D eigenvalue weighted by Gasteiger charge is 2.42. The van der Waals surface area contributed by atoms with Crippen LogP contribution < -0.4 is 5.32 Å². The van der Waals surface area contributed by atoms with Crippen LogP contribution in [-0.4, -0.2) is 18.9 Å². The molecule has 20 heavy (non-hydrogen) atoms. The van der Waals surface area contributed by atoms with E-state index < -0.39 is 0 Å². The maximum atomic E-state index is 13.2. The molecule has 1 aliphatic heterocycles. The molecule has 4 heteroatoms. The van der Waals surface area contributed by atoms with Gasteiger partial charge in [-0.15, -0.1) is 0 Å². The molecule has 2 aromatic rings. The summed E-state index contributed by atoms with van der Waals surface area (Å²) in [4.78, 5) is 13.2. The van der Waals surface area contributed by atoms with Crippen molar-refractivity contribution in [3.05, 3.63) is 56.7 Å². The normalized spacial score (nSPS) is 17.9. The number of hydrogen-bond donors (Lipinski definition) is 1. The van der Waals surface area contributed by atoms with Crippen molar-refractivity contribution in [3.8, 4) is 0 Å². The number of halogens is 1. The number of nitrogens with one attached hydrogen (secondary N) is 1. The van der Waals surface area contributed by atoms with Crippen molar-refractivity contribution < 1.29 is 4.79 Å². The minimum Gasteiger partial charge on any atom is -0.317 e. The van der Waals surface area contributed by atoms with Gasteiger partial charge in [-0.2, -0.15) is 11.3 Å². The summed E-state index contributed by atoms with van der Waals surface area (Å²) in [7, 11) is 0. The van der Waals surface area contributed by atoms with Gasteiger partial charge in [0.15, 0.2) is 5.78 Å². The van der Waals surface area contributed by atoms with E-state index >= 15 is 0 Å². The van der Waals surface area contributed by atoms with Crippen molar-refractivity contribution in [1.82, 2.24) is 5.32 Å². The molecular formula is C16H16BrNOS. The Labute approximate surface area is 131 Å². The first-order valence-electron chi connectivity index (χ1n) is 6.77. The molecule has 0 unspecified atom stereocenters. The largest absolute Gasteiger partial charge is 0.317 e. The Morgan fingerprint density at radius 1 is 1.15 bits per heavy atom. The van der Waals surface area contributed by atoms with Gasteiger partial charge in [0.25, 0.3) is 0 Å². The lowest BCUT2D eigenvalue weighted by molar-refractivity contribution is 0.0847. The fourth-order valence-electron chi connectivity index (χ4n) is 2.96. The third-order valence-corrected chi connectivity index (χ3v) is 5.78. The standard InChI is InChI=1S/C16H16BrNOS/c17-14-11-20-10-13(14)15(19)16(6-8-18-9-7-16)12-4-2-1-3-5-12/h1-5,10-11,18H,6-9H2. The summed E-state index contributed by atoms with van der Waals surface area (Å²) in [6, 6.07) is 10.2. The molecule has 2 nitrogen and oxygen atoms in total. The van der Waals surface area contributed by atoms with Crippen LogP contribution in [0.2, 0.25) is 0 Å². The first-order chi connectivity index (χ1) is 9.74. The minimum atomic E-state index is -0.379. The Morgan fingerprint density at radius 2 is 1.85 bits per heavy atom. The van der Waals surface area contributed by atoms with Gasteiger partial charge in [0, 0.05) is 20.8 Å². The maximum Gasteiger partial charge on any atom is 0.175 e. The van der Waals surface area contributed by atoms with E-state index in [2.05, 4.69) is 33.4 Å². The maximum absolute atomic E-state index is 13.2. The summed E-state index contributed by atoms with van der Waals surface area (Å²) in [5.74, 6) is 0.248. The molecule has 1 aromatic heterocycles. The van der Waals surface area contributed by atoms with Gasteiger partial charge < -0.3 is 5.32 Å². The van der Waals surface area contributed by atoms with Crippen LogP contribution in [0.15, 0.2) is 45.6 Å². The summed E-state index contributed by atoms with van der Waals surface area (Å²) >= 11 is 5.07. The molecule has 1 N–H and O–H groups in total. The summed E-state index contributed by atoms with van der Waals surface area (Å²) in [6.07, 6.45) is 1.72. The van der Waals surface area contributed by atoms with Crippen LogP contribution in [0.25, 0.3) is 0 Å². The fourth-order valence-corrected chi connectivity index (χ4v) is 4.41. The first kappa shape index (κ1) is 14.0. The predicted molar refractivity (Wildman–Crippen MR) is 86.6 cm³/mol. The molecule has 1 fully saturated rings. The molecule has 0 atom stereocenters. The Morgan fingerprint density at radius 3 is 2.45 bits per heavy atom. The van der Waals surface area contributed by atoms with Crippen molar-refractivity contribution in [2.24, 2.45) is 0 Å². The molecule has 0 bridgehead atoms. The number of piperidine rings is 1. The summed E-state index contributed by atoms with van der Waals surface area (Å²) in [6.45, 7) is 1.78.